The molecule has 0 spiro atoms. The van der Waals surface area contributed by atoms with Gasteiger partial charge in [0, 0.05) is 51.0 Å². The summed E-state index contributed by atoms with van der Waals surface area (Å²) in [6, 6.07) is 20.9. The fraction of sp³-hybridized carbons (Fsp3) is 0.405. The predicted octanol–water partition coefficient (Wildman–Crippen LogP) is 3.80. The number of nitrogens with two attached hydrogens (primary N) is 1. The van der Waals surface area contributed by atoms with Crippen molar-refractivity contribution in [3.8, 4) is 23.3 Å². The van der Waals surface area contributed by atoms with Crippen molar-refractivity contribution in [1.82, 2.24) is 28.8 Å². The number of amides is 1. The number of ether oxygens (including phenoxy) is 2. The summed E-state index contributed by atoms with van der Waals surface area (Å²) < 4.78 is 14.6. The van der Waals surface area contributed by atoms with E-state index in [-0.39, 0.29) is 35.6 Å². The van der Waals surface area contributed by atoms with Crippen molar-refractivity contribution in [1.29, 1.82) is 5.26 Å². The molecule has 3 aliphatic rings. The Morgan fingerprint density at radius 2 is 1.76 bits per heavy atom. The second kappa shape index (κ2) is 13.5. The summed E-state index contributed by atoms with van der Waals surface area (Å²) in [5.41, 5.74) is 7.50. The summed E-state index contributed by atoms with van der Waals surface area (Å²) in [4.78, 5) is 39.0. The first-order valence-corrected chi connectivity index (χ1v) is 16.9. The molecule has 7 rings (SSSR count). The van der Waals surface area contributed by atoms with Crippen LogP contribution in [0.25, 0.3) is 16.7 Å². The summed E-state index contributed by atoms with van der Waals surface area (Å²) in [7, 11) is 0. The van der Waals surface area contributed by atoms with Crippen LogP contribution in [0.15, 0.2) is 83.3 Å². The number of hydrogen-bond acceptors (Lipinski definition) is 9. The number of hydrogen-bond donors (Lipinski definition) is 1. The topological polar surface area (TPSA) is 135 Å². The second-order valence-corrected chi connectivity index (χ2v) is 13.5. The van der Waals surface area contributed by atoms with Crippen LogP contribution in [-0.4, -0.2) is 98.3 Å². The monoisotopic (exact) mass is 662 g/mol. The minimum atomic E-state index is -0.477. The number of piperazine rings is 1. The van der Waals surface area contributed by atoms with E-state index >= 15 is 0 Å². The molecule has 49 heavy (non-hydrogen) atoms. The molecule has 2 aromatic heterocycles. The maximum absolute atomic E-state index is 14.2. The average molecular weight is 663 g/mol. The molecular formula is C37H42N8O4. The van der Waals surface area contributed by atoms with E-state index in [9.17, 15) is 14.9 Å². The maximum Gasteiger partial charge on any atom is 0.333 e. The molecule has 3 saturated heterocycles. The molecule has 0 bridgehead atoms. The van der Waals surface area contributed by atoms with Crippen LogP contribution in [0.5, 0.6) is 11.5 Å². The molecule has 1 unspecified atom stereocenters. The Morgan fingerprint density at radius 3 is 2.43 bits per heavy atom. The zero-order chi connectivity index (χ0) is 34.1. The smallest absolute Gasteiger partial charge is 0.333 e. The molecule has 2 aromatic carbocycles. The molecule has 2 N–H and O–H groups in total. The molecule has 12 heteroatoms. The highest BCUT2D eigenvalue weighted by Gasteiger charge is 2.36. The van der Waals surface area contributed by atoms with Gasteiger partial charge >= 0.3 is 5.69 Å². The van der Waals surface area contributed by atoms with Gasteiger partial charge in [-0.3, -0.25) is 23.7 Å². The van der Waals surface area contributed by atoms with Crippen molar-refractivity contribution >= 4 is 22.8 Å². The molecule has 0 saturated carbocycles. The maximum atomic E-state index is 14.2. The van der Waals surface area contributed by atoms with Crippen LogP contribution in [0, 0.1) is 11.3 Å². The van der Waals surface area contributed by atoms with E-state index in [0.717, 1.165) is 45.8 Å². The minimum Gasteiger partial charge on any atom is -0.457 e. The van der Waals surface area contributed by atoms with E-state index < -0.39 is 5.54 Å². The molecule has 3 aliphatic heterocycles. The van der Waals surface area contributed by atoms with E-state index in [1.54, 1.807) is 26.3 Å². The number of likely N-dealkylation sites (tertiary alicyclic amines) is 1. The van der Waals surface area contributed by atoms with Crippen LogP contribution >= 0.6 is 0 Å². The number of rotatable bonds is 9. The first kappa shape index (κ1) is 32.6. The van der Waals surface area contributed by atoms with Gasteiger partial charge in [0.05, 0.1) is 36.5 Å². The highest BCUT2D eigenvalue weighted by atomic mass is 16.5. The van der Waals surface area contributed by atoms with Crippen molar-refractivity contribution in [2.45, 2.75) is 50.9 Å². The number of nitrogen functional groups attached to an aromatic ring is 1. The van der Waals surface area contributed by atoms with Crippen LogP contribution in [0.1, 0.15) is 26.7 Å². The third-order valence-electron chi connectivity index (χ3n) is 10.1. The fourth-order valence-electron chi connectivity index (χ4n) is 7.27. The Morgan fingerprint density at radius 1 is 1.04 bits per heavy atom. The average Bonchev–Trinajstić information content (AvgIpc) is 3.66. The second-order valence-electron chi connectivity index (χ2n) is 13.5. The van der Waals surface area contributed by atoms with Gasteiger partial charge in [-0.15, -0.1) is 0 Å². The van der Waals surface area contributed by atoms with Gasteiger partial charge in [0.2, 0.25) is 0 Å². The Balaban J connectivity index is 1.12. The van der Waals surface area contributed by atoms with Crippen LogP contribution in [0.3, 0.4) is 0 Å². The van der Waals surface area contributed by atoms with Crippen molar-refractivity contribution < 1.29 is 14.3 Å². The Hall–Kier alpha value is -4.96. The molecule has 12 nitrogen and oxygen atoms in total. The van der Waals surface area contributed by atoms with Crippen LogP contribution in [-0.2, 0) is 16.1 Å². The van der Waals surface area contributed by atoms with Gasteiger partial charge in [-0.25, -0.2) is 9.78 Å². The Labute approximate surface area is 285 Å². The van der Waals surface area contributed by atoms with E-state index in [0.29, 0.717) is 47.2 Å². The van der Waals surface area contributed by atoms with Crippen LogP contribution < -0.4 is 16.2 Å². The normalized spacial score (nSPS) is 19.6. The minimum absolute atomic E-state index is 0.132. The van der Waals surface area contributed by atoms with Crippen LogP contribution in [0.4, 0.5) is 5.82 Å². The number of nitrogens with zero attached hydrogens (tertiary/aromatic N) is 7. The van der Waals surface area contributed by atoms with Crippen LogP contribution in [0.2, 0.25) is 0 Å². The quantitative estimate of drug-likeness (QED) is 0.210. The number of imidazole rings is 1. The number of pyridine rings is 1. The van der Waals surface area contributed by atoms with E-state index in [2.05, 4.69) is 34.7 Å². The summed E-state index contributed by atoms with van der Waals surface area (Å²) in [6.07, 6.45) is 4.91. The molecule has 5 heterocycles. The van der Waals surface area contributed by atoms with Gasteiger partial charge < -0.3 is 20.1 Å². The van der Waals surface area contributed by atoms with E-state index in [1.165, 1.54) is 0 Å². The highest BCUT2D eigenvalue weighted by Crippen LogP contribution is 2.29. The number of carbonyl (C=O) groups is 1. The lowest BCUT2D eigenvalue weighted by atomic mass is 9.97. The Kier molecular flexibility index (Phi) is 8.98. The molecule has 0 radical (unpaired) electrons. The lowest BCUT2D eigenvalue weighted by Gasteiger charge is -2.46. The third-order valence-corrected chi connectivity index (χ3v) is 10.1. The summed E-state index contributed by atoms with van der Waals surface area (Å²) in [6.45, 7) is 10.1. The Bertz CT molecular complexity index is 1950. The summed E-state index contributed by atoms with van der Waals surface area (Å²) >= 11 is 0. The van der Waals surface area contributed by atoms with Gasteiger partial charge in [-0.2, -0.15) is 5.26 Å². The molecular weight excluding hydrogens is 620 g/mol. The fourth-order valence-corrected chi connectivity index (χ4v) is 7.27. The van der Waals surface area contributed by atoms with Crippen molar-refractivity contribution in [3.63, 3.8) is 0 Å². The zero-order valence-corrected chi connectivity index (χ0v) is 28.0. The SMILES string of the molecule is CC(C)(C=C(C#N)C(=O)N1CCCC1Cn1c(=O)n(-c2ccc(Oc3ccccc3)cc2)c2c(N)nccc21)N1CCN(C2COC2)CC1. The third kappa shape index (κ3) is 6.45. The molecule has 1 atom stereocenters. The van der Waals surface area contributed by atoms with Crippen molar-refractivity contribution in [2.24, 2.45) is 0 Å². The molecule has 0 aliphatic carbocycles. The predicted molar refractivity (Wildman–Crippen MR) is 187 cm³/mol. The standard InChI is InChI=1S/C37H42N8O4/c1-37(2,42-19-17-41(18-20-42)29-24-48-25-29)21-26(22-38)35(46)43-16-6-7-28(43)23-44-32-14-15-40-34(39)33(32)45(36(44)47)27-10-12-31(13-11-27)49-30-8-4-3-5-9-30/h3-5,8-15,21,28-29H,6-7,16-20,23-25H2,1-2H3,(H2,39,40). The zero-order valence-electron chi connectivity index (χ0n) is 28.0. The number of anilines is 1. The van der Waals surface area contributed by atoms with E-state index in [1.807, 2.05) is 60.7 Å². The number of benzene rings is 2. The van der Waals surface area contributed by atoms with Crippen molar-refractivity contribution in [2.75, 3.05) is 51.7 Å². The van der Waals surface area contributed by atoms with Crippen molar-refractivity contribution in [3.05, 3.63) is 89.0 Å². The van der Waals surface area contributed by atoms with Gasteiger partial charge in [0.1, 0.15) is 34.5 Å². The number of carbonyl (C=O) groups excluding carboxylic acids is 1. The lowest BCUT2D eigenvalue weighted by molar-refractivity contribution is -0.127. The molecule has 3 fully saturated rings. The number of fused-ring (bicyclic) bond motifs is 1. The summed E-state index contributed by atoms with van der Waals surface area (Å²) in [5, 5.41) is 10.2. The first-order valence-electron chi connectivity index (χ1n) is 16.9. The van der Waals surface area contributed by atoms with E-state index in [4.69, 9.17) is 15.2 Å². The molecule has 4 aromatic rings. The molecule has 254 valence electrons. The number of aromatic nitrogens is 3. The molecule has 1 amide bonds. The largest absolute Gasteiger partial charge is 0.457 e. The van der Waals surface area contributed by atoms with Gasteiger partial charge in [0.25, 0.3) is 5.91 Å². The van der Waals surface area contributed by atoms with Gasteiger partial charge in [0.15, 0.2) is 0 Å². The number of nitriles is 1. The number of para-hydroxylation sites is 1. The lowest BCUT2D eigenvalue weighted by Crippen LogP contribution is -2.59. The summed E-state index contributed by atoms with van der Waals surface area (Å²) in [5.74, 6) is 1.28. The van der Waals surface area contributed by atoms with Gasteiger partial charge in [-0.05, 0) is 75.2 Å². The van der Waals surface area contributed by atoms with Gasteiger partial charge in [-0.1, -0.05) is 18.2 Å². The highest BCUT2D eigenvalue weighted by molar-refractivity contribution is 5.98. The first-order chi connectivity index (χ1) is 23.7.